The highest BCUT2D eigenvalue weighted by molar-refractivity contribution is 7.87. The number of rotatable bonds is 6. The van der Waals surface area contributed by atoms with Gasteiger partial charge in [0, 0.05) is 13.1 Å². The molecule has 0 aliphatic rings. The summed E-state index contributed by atoms with van der Waals surface area (Å²) in [4.78, 5) is 7.06. The smallest absolute Gasteiger partial charge is 0.281 e. The molecule has 6 heteroatoms. The first kappa shape index (κ1) is 14.1. The van der Waals surface area contributed by atoms with Crippen LogP contribution in [0.3, 0.4) is 0 Å². The van der Waals surface area contributed by atoms with Gasteiger partial charge in [0.25, 0.3) is 0 Å². The lowest BCUT2D eigenvalue weighted by atomic mass is 10.2. The molecule has 1 N–H and O–H groups in total. The molecular weight excluding hydrogens is 240 g/mol. The Kier molecular flexibility index (Phi) is 5.07. The highest BCUT2D eigenvalue weighted by Crippen LogP contribution is 2.03. The number of benzene rings is 1. The molecule has 0 aliphatic heterocycles. The lowest BCUT2D eigenvalue weighted by Crippen LogP contribution is -2.41. The van der Waals surface area contributed by atoms with E-state index in [1.165, 1.54) is 11.4 Å². The van der Waals surface area contributed by atoms with Crippen LogP contribution in [-0.2, 0) is 21.7 Å². The predicted octanol–water partition coefficient (Wildman–Crippen LogP) is 1.29. The monoisotopic (exact) mass is 258 g/mol. The highest BCUT2D eigenvalue weighted by atomic mass is 32.2. The molecule has 0 fully saturated rings. The SMILES string of the molecule is CC(C)N(C)S(=O)(=O)NOCc1ccccc1. The van der Waals surface area contributed by atoms with E-state index in [1.807, 2.05) is 30.3 Å². The molecule has 0 aliphatic carbocycles. The molecule has 0 bridgehead atoms. The van der Waals surface area contributed by atoms with Crippen LogP contribution in [0.15, 0.2) is 30.3 Å². The van der Waals surface area contributed by atoms with Crippen molar-refractivity contribution in [2.45, 2.75) is 26.5 Å². The van der Waals surface area contributed by atoms with Crippen molar-refractivity contribution in [1.82, 2.24) is 9.19 Å². The van der Waals surface area contributed by atoms with Crippen LogP contribution in [0, 0.1) is 0 Å². The summed E-state index contributed by atoms with van der Waals surface area (Å²) in [6.45, 7) is 3.78. The van der Waals surface area contributed by atoms with Crippen LogP contribution in [0.5, 0.6) is 0 Å². The Morgan fingerprint density at radius 3 is 2.41 bits per heavy atom. The summed E-state index contributed by atoms with van der Waals surface area (Å²) in [5.74, 6) is 0. The molecule has 17 heavy (non-hydrogen) atoms. The van der Waals surface area contributed by atoms with Gasteiger partial charge in [-0.2, -0.15) is 12.7 Å². The second-order valence-electron chi connectivity index (χ2n) is 3.97. The van der Waals surface area contributed by atoms with Crippen molar-refractivity contribution in [1.29, 1.82) is 0 Å². The number of nitrogens with zero attached hydrogens (tertiary/aromatic N) is 1. The summed E-state index contributed by atoms with van der Waals surface area (Å²) in [5, 5.41) is 0. The van der Waals surface area contributed by atoms with Gasteiger partial charge in [-0.15, -0.1) is 0 Å². The van der Waals surface area contributed by atoms with Gasteiger partial charge in [0.05, 0.1) is 6.61 Å². The largest absolute Gasteiger partial charge is 0.301 e. The molecule has 0 saturated carbocycles. The van der Waals surface area contributed by atoms with Crippen molar-refractivity contribution in [3.8, 4) is 0 Å². The van der Waals surface area contributed by atoms with Crippen LogP contribution in [-0.4, -0.2) is 25.8 Å². The van der Waals surface area contributed by atoms with Crippen molar-refractivity contribution in [2.24, 2.45) is 0 Å². The van der Waals surface area contributed by atoms with Gasteiger partial charge in [0.1, 0.15) is 0 Å². The third kappa shape index (κ3) is 4.43. The minimum atomic E-state index is -3.57. The van der Waals surface area contributed by atoms with Crippen LogP contribution in [0.4, 0.5) is 0 Å². The van der Waals surface area contributed by atoms with E-state index < -0.39 is 10.2 Å². The van der Waals surface area contributed by atoms with E-state index in [0.717, 1.165) is 5.56 Å². The minimum Gasteiger partial charge on any atom is -0.281 e. The molecule has 0 heterocycles. The molecule has 0 spiro atoms. The summed E-state index contributed by atoms with van der Waals surface area (Å²) in [5.41, 5.74) is 0.905. The maximum absolute atomic E-state index is 11.7. The molecule has 0 aromatic heterocycles. The zero-order valence-corrected chi connectivity index (χ0v) is 11.1. The third-order valence-corrected chi connectivity index (χ3v) is 3.86. The van der Waals surface area contributed by atoms with Crippen LogP contribution < -0.4 is 4.89 Å². The fourth-order valence-corrected chi connectivity index (χ4v) is 1.98. The van der Waals surface area contributed by atoms with E-state index in [0.29, 0.717) is 0 Å². The Hall–Kier alpha value is -0.950. The van der Waals surface area contributed by atoms with E-state index in [9.17, 15) is 8.42 Å². The average Bonchev–Trinajstić information content (AvgIpc) is 2.29. The lowest BCUT2D eigenvalue weighted by Gasteiger charge is -2.20. The standard InChI is InChI=1S/C11H18N2O3S/c1-10(2)13(3)17(14,15)12-16-9-11-7-5-4-6-8-11/h4-8,10,12H,9H2,1-3H3. The topological polar surface area (TPSA) is 58.6 Å². The number of hydrogen-bond donors (Lipinski definition) is 1. The normalized spacial score (nSPS) is 12.3. The van der Waals surface area contributed by atoms with Crippen LogP contribution >= 0.6 is 0 Å². The average molecular weight is 258 g/mol. The summed E-state index contributed by atoms with van der Waals surface area (Å²) in [6, 6.07) is 9.23. The van der Waals surface area contributed by atoms with E-state index in [1.54, 1.807) is 13.8 Å². The first-order chi connectivity index (χ1) is 7.93. The second kappa shape index (κ2) is 6.11. The number of hydrogen-bond acceptors (Lipinski definition) is 3. The van der Waals surface area contributed by atoms with Gasteiger partial charge in [0.2, 0.25) is 0 Å². The van der Waals surface area contributed by atoms with Crippen LogP contribution in [0.1, 0.15) is 19.4 Å². The van der Waals surface area contributed by atoms with Gasteiger partial charge < -0.3 is 0 Å². The van der Waals surface area contributed by atoms with Crippen molar-refractivity contribution >= 4 is 10.2 Å². The molecule has 0 unspecified atom stereocenters. The molecule has 5 nitrogen and oxygen atoms in total. The Bertz CT molecular complexity index is 431. The van der Waals surface area contributed by atoms with Gasteiger partial charge >= 0.3 is 10.2 Å². The van der Waals surface area contributed by atoms with E-state index in [4.69, 9.17) is 4.84 Å². The van der Waals surface area contributed by atoms with Gasteiger partial charge in [-0.05, 0) is 19.4 Å². The van der Waals surface area contributed by atoms with Crippen molar-refractivity contribution in [3.63, 3.8) is 0 Å². The molecule has 1 aromatic rings. The Morgan fingerprint density at radius 2 is 1.88 bits per heavy atom. The lowest BCUT2D eigenvalue weighted by molar-refractivity contribution is 0.0745. The first-order valence-corrected chi connectivity index (χ1v) is 6.78. The summed E-state index contributed by atoms with van der Waals surface area (Å²) in [7, 11) is -2.07. The Labute approximate surface area is 103 Å². The fourth-order valence-electron chi connectivity index (χ4n) is 1.10. The molecule has 0 atom stereocenters. The third-order valence-electron chi connectivity index (χ3n) is 2.35. The fraction of sp³-hybridized carbons (Fsp3) is 0.455. The zero-order chi connectivity index (χ0) is 12.9. The Morgan fingerprint density at radius 1 is 1.29 bits per heavy atom. The van der Waals surface area contributed by atoms with Crippen LogP contribution in [0.2, 0.25) is 0 Å². The first-order valence-electron chi connectivity index (χ1n) is 5.34. The minimum absolute atomic E-state index is 0.118. The van der Waals surface area contributed by atoms with E-state index >= 15 is 0 Å². The maximum Gasteiger partial charge on any atom is 0.301 e. The molecule has 0 amide bonds. The summed E-state index contributed by atoms with van der Waals surface area (Å²) >= 11 is 0. The van der Waals surface area contributed by atoms with Gasteiger partial charge in [-0.3, -0.25) is 4.84 Å². The molecule has 96 valence electrons. The Balaban J connectivity index is 2.46. The molecule has 0 radical (unpaired) electrons. The number of nitrogens with one attached hydrogen (secondary N) is 1. The summed E-state index contributed by atoms with van der Waals surface area (Å²) in [6.07, 6.45) is 0. The maximum atomic E-state index is 11.7. The van der Waals surface area contributed by atoms with Crippen molar-refractivity contribution < 1.29 is 13.3 Å². The van der Waals surface area contributed by atoms with Crippen molar-refractivity contribution in [2.75, 3.05) is 7.05 Å². The zero-order valence-electron chi connectivity index (χ0n) is 10.3. The van der Waals surface area contributed by atoms with Crippen molar-refractivity contribution in [3.05, 3.63) is 35.9 Å². The molecule has 0 saturated heterocycles. The summed E-state index contributed by atoms with van der Waals surface area (Å²) < 4.78 is 24.5. The molecular formula is C11H18N2O3S. The van der Waals surface area contributed by atoms with E-state index in [2.05, 4.69) is 4.89 Å². The quantitative estimate of drug-likeness (QED) is 0.782. The second-order valence-corrected chi connectivity index (χ2v) is 5.67. The van der Waals surface area contributed by atoms with Gasteiger partial charge in [0.15, 0.2) is 0 Å². The van der Waals surface area contributed by atoms with Gasteiger partial charge in [-0.1, -0.05) is 35.2 Å². The highest BCUT2D eigenvalue weighted by Gasteiger charge is 2.20. The van der Waals surface area contributed by atoms with Crippen LogP contribution in [0.25, 0.3) is 0 Å². The van der Waals surface area contributed by atoms with E-state index in [-0.39, 0.29) is 12.6 Å². The molecule has 1 rings (SSSR count). The molecule has 1 aromatic carbocycles. The predicted molar refractivity (Wildman–Crippen MR) is 66.2 cm³/mol. The van der Waals surface area contributed by atoms with Gasteiger partial charge in [-0.25, -0.2) is 0 Å².